The van der Waals surface area contributed by atoms with Crippen LogP contribution in [0.3, 0.4) is 0 Å². The van der Waals surface area contributed by atoms with Crippen LogP contribution >= 0.6 is 22.7 Å². The van der Waals surface area contributed by atoms with Crippen LogP contribution in [0, 0.1) is 0 Å². The van der Waals surface area contributed by atoms with Gasteiger partial charge in [-0.2, -0.15) is 0 Å². The van der Waals surface area contributed by atoms with Gasteiger partial charge in [-0.15, -0.1) is 22.7 Å². The Morgan fingerprint density at radius 2 is 0.393 bits per heavy atom. The Morgan fingerprint density at radius 3 is 0.786 bits per heavy atom. The summed E-state index contributed by atoms with van der Waals surface area (Å²) in [5, 5.41) is 22.7. The lowest BCUT2D eigenvalue weighted by atomic mass is 10.1. The van der Waals surface area contributed by atoms with Crippen molar-refractivity contribution in [3.63, 3.8) is 0 Å². The summed E-state index contributed by atoms with van der Waals surface area (Å²) in [5.41, 5.74) is 23.5. The molecule has 0 aliphatic heterocycles. The van der Waals surface area contributed by atoms with E-state index in [0.717, 1.165) is 33.3 Å². The second kappa shape index (κ2) is 25.8. The summed E-state index contributed by atoms with van der Waals surface area (Å²) < 4.78 is 26.3. The number of furan rings is 1. The molecule has 0 radical (unpaired) electrons. The van der Waals surface area contributed by atoms with E-state index < -0.39 is 0 Å². The zero-order valence-corrected chi connectivity index (χ0v) is 64.6. The van der Waals surface area contributed by atoms with Crippen molar-refractivity contribution in [2.24, 2.45) is 0 Å². The van der Waals surface area contributed by atoms with Gasteiger partial charge in [0.15, 0.2) is 0 Å². The Bertz CT molecular complexity index is 8430. The van der Waals surface area contributed by atoms with Crippen LogP contribution in [0.5, 0.6) is 0 Å². The molecule has 546 valence electrons. The van der Waals surface area contributed by atoms with Gasteiger partial charge in [0, 0.05) is 150 Å². The first-order valence-corrected chi connectivity index (χ1v) is 41.5. The molecule has 0 saturated heterocycles. The molecule has 0 N–H and O–H groups in total. The lowest BCUT2D eigenvalue weighted by Crippen LogP contribution is -1.98. The van der Waals surface area contributed by atoms with Crippen LogP contribution in [0.2, 0.25) is 0 Å². The molecule has 0 spiro atoms. The van der Waals surface area contributed by atoms with E-state index in [4.69, 9.17) is 4.42 Å². The third kappa shape index (κ3) is 9.79. The van der Waals surface area contributed by atoms with E-state index in [9.17, 15) is 0 Å². The number of thiophene rings is 2. The zero-order chi connectivity index (χ0) is 76.5. The van der Waals surface area contributed by atoms with Gasteiger partial charge < -0.3 is 31.8 Å². The van der Waals surface area contributed by atoms with Gasteiger partial charge in [-0.3, -0.25) is 0 Å². The van der Waals surface area contributed by atoms with Crippen LogP contribution in [0.25, 0.3) is 227 Å². The SMILES string of the molecule is c1ccc(-n2c3ccccc3c3ccc4c5ccccc5n(-c5ccc6c(c5)oc5ccccc56)c4c32)cc1.c1ccc(-n2c3ccccc3c3ccc4c5ccccc5n(-c5ccc6c(c5)sc5ccccc56)c4c32)cc1.c1ccc(-n2c3ccccc3c3ccc4c5ccccc5n(-c5ccc6sc7ccccc7c6c5)c4c32)cc1. The fourth-order valence-electron chi connectivity index (χ4n) is 19.4. The lowest BCUT2D eigenvalue weighted by Gasteiger charge is -2.12. The van der Waals surface area contributed by atoms with Crippen LogP contribution in [0.4, 0.5) is 0 Å². The van der Waals surface area contributed by atoms with E-state index >= 15 is 0 Å². The molecule has 9 aromatic heterocycles. The highest BCUT2D eigenvalue weighted by Gasteiger charge is 2.27. The first-order valence-electron chi connectivity index (χ1n) is 39.9. The van der Waals surface area contributed by atoms with Gasteiger partial charge in [-0.25, -0.2) is 0 Å². The Balaban J connectivity index is 0.0000000980. The minimum absolute atomic E-state index is 0.899. The third-order valence-electron chi connectivity index (χ3n) is 24.3. The second-order valence-corrected chi connectivity index (χ2v) is 32.7. The monoisotopic (exact) mass is 1530 g/mol. The van der Waals surface area contributed by atoms with Crippen molar-refractivity contribution in [1.29, 1.82) is 0 Å². The molecule has 0 bridgehead atoms. The van der Waals surface area contributed by atoms with Crippen molar-refractivity contribution in [2.45, 2.75) is 0 Å². The number of aromatic nitrogens is 6. The topological polar surface area (TPSA) is 42.7 Å². The molecular formula is C108H66N6OS2. The Labute approximate surface area is 677 Å². The molecule has 0 atom stereocenters. The third-order valence-corrected chi connectivity index (χ3v) is 26.6. The minimum atomic E-state index is 0.899. The highest BCUT2D eigenvalue weighted by atomic mass is 32.1. The molecule has 9 heteroatoms. The molecule has 0 saturated carbocycles. The van der Waals surface area contributed by atoms with Gasteiger partial charge in [0.25, 0.3) is 0 Å². The lowest BCUT2D eigenvalue weighted by molar-refractivity contribution is 0.668. The van der Waals surface area contributed by atoms with Crippen LogP contribution in [-0.4, -0.2) is 27.4 Å². The second-order valence-electron chi connectivity index (χ2n) is 30.5. The maximum atomic E-state index is 6.33. The fraction of sp³-hybridized carbons (Fsp3) is 0. The maximum absolute atomic E-state index is 6.33. The molecule has 0 amide bonds. The fourth-order valence-corrected chi connectivity index (χ4v) is 21.6. The van der Waals surface area contributed by atoms with Crippen molar-refractivity contribution in [2.75, 3.05) is 0 Å². The number of rotatable bonds is 6. The van der Waals surface area contributed by atoms with Crippen LogP contribution in [0.1, 0.15) is 0 Å². The Kier molecular flexibility index (Phi) is 14.4. The molecule has 18 aromatic carbocycles. The molecule has 7 nitrogen and oxygen atoms in total. The molecule has 9 heterocycles. The first kappa shape index (κ1) is 65.5. The number of nitrogens with zero attached hydrogens (tertiary/aromatic N) is 6. The molecule has 0 aliphatic rings. The largest absolute Gasteiger partial charge is 0.456 e. The first-order chi connectivity index (χ1) is 58.1. The summed E-state index contributed by atoms with van der Waals surface area (Å²) in [6, 6.07) is 145. The maximum Gasteiger partial charge on any atom is 0.137 e. The molecule has 117 heavy (non-hydrogen) atoms. The summed E-state index contributed by atoms with van der Waals surface area (Å²) in [6.07, 6.45) is 0. The van der Waals surface area contributed by atoms with Crippen LogP contribution < -0.4 is 0 Å². The van der Waals surface area contributed by atoms with Crippen molar-refractivity contribution in [1.82, 2.24) is 27.4 Å². The normalized spacial score (nSPS) is 12.1. The van der Waals surface area contributed by atoms with E-state index in [-0.39, 0.29) is 0 Å². The van der Waals surface area contributed by atoms with Crippen LogP contribution in [-0.2, 0) is 0 Å². The minimum Gasteiger partial charge on any atom is -0.456 e. The molecular weight excluding hydrogens is 1460 g/mol. The van der Waals surface area contributed by atoms with Gasteiger partial charge in [0.1, 0.15) is 11.2 Å². The van der Waals surface area contributed by atoms with E-state index in [1.807, 2.05) is 34.8 Å². The molecule has 0 unspecified atom stereocenters. The van der Waals surface area contributed by atoms with Crippen molar-refractivity contribution in [3.05, 3.63) is 400 Å². The number of hydrogen-bond acceptors (Lipinski definition) is 3. The number of benzene rings is 18. The summed E-state index contributed by atoms with van der Waals surface area (Å²) in [4.78, 5) is 0. The standard InChI is InChI=1S/C36H22N2O.2C36H22N2S/c1-2-10-23(11-3-1)37-31-15-7-4-12-25(31)29-20-21-30-26-13-5-8-16-32(26)38(36(30)35(29)37)24-18-19-28-27-14-6-9-17-33(27)39-34(28)22-24;1-2-10-23(11-3-1)37-31-15-7-4-12-25(31)28-19-20-29-26-13-5-8-16-32(26)38(36(29)35(28)37)24-18-21-34-30(22-24)27-14-6-9-17-33(27)39-34;1-2-10-23(11-3-1)37-31-15-7-4-12-25(31)29-20-21-30-26-13-5-8-16-32(26)38(36(30)35(29)37)24-18-19-28-27-14-6-9-17-33(27)39-34(28)22-24/h3*1-22H. The van der Waals surface area contributed by atoms with E-state index in [1.165, 1.54) is 194 Å². The quantitative estimate of drug-likeness (QED) is 0.164. The van der Waals surface area contributed by atoms with Crippen molar-refractivity contribution >= 4 is 216 Å². The van der Waals surface area contributed by atoms with Crippen LogP contribution in [0.15, 0.2) is 405 Å². The molecule has 27 aromatic rings. The van der Waals surface area contributed by atoms with Gasteiger partial charge in [0.05, 0.1) is 71.9 Å². The van der Waals surface area contributed by atoms with Crippen molar-refractivity contribution < 1.29 is 4.42 Å². The van der Waals surface area contributed by atoms with Gasteiger partial charge in [-0.1, -0.05) is 261 Å². The smallest absolute Gasteiger partial charge is 0.137 e. The summed E-state index contributed by atoms with van der Waals surface area (Å²) in [6.45, 7) is 0. The Hall–Kier alpha value is -15.0. The molecule has 0 aliphatic carbocycles. The summed E-state index contributed by atoms with van der Waals surface area (Å²) >= 11 is 3.74. The average molecular weight is 1530 g/mol. The van der Waals surface area contributed by atoms with Gasteiger partial charge >= 0.3 is 0 Å². The zero-order valence-electron chi connectivity index (χ0n) is 63.0. The summed E-state index contributed by atoms with van der Waals surface area (Å²) in [7, 11) is 0. The Morgan fingerprint density at radius 1 is 0.145 bits per heavy atom. The number of fused-ring (bicyclic) bond motifs is 30. The molecule has 27 rings (SSSR count). The highest BCUT2D eigenvalue weighted by molar-refractivity contribution is 7.26. The summed E-state index contributed by atoms with van der Waals surface area (Å²) in [5.74, 6) is 0. The number of hydrogen-bond donors (Lipinski definition) is 0. The van der Waals surface area contributed by atoms with Crippen molar-refractivity contribution in [3.8, 4) is 34.1 Å². The highest BCUT2D eigenvalue weighted by Crippen LogP contribution is 2.48. The van der Waals surface area contributed by atoms with Gasteiger partial charge in [-0.05, 0) is 133 Å². The number of para-hydroxylation sites is 10. The predicted molar refractivity (Wildman–Crippen MR) is 498 cm³/mol. The molecule has 0 fully saturated rings. The van der Waals surface area contributed by atoms with E-state index in [0.29, 0.717) is 0 Å². The van der Waals surface area contributed by atoms with Gasteiger partial charge in [0.2, 0.25) is 0 Å². The average Bonchev–Trinajstić information content (AvgIpc) is 1.55. The predicted octanol–water partition coefficient (Wildman–Crippen LogP) is 30.3. The van der Waals surface area contributed by atoms with E-state index in [2.05, 4.69) is 416 Å². The van der Waals surface area contributed by atoms with E-state index in [1.54, 1.807) is 0 Å².